The monoisotopic (exact) mass is 272 g/mol. The summed E-state index contributed by atoms with van der Waals surface area (Å²) in [5, 5.41) is 0. The third-order valence-corrected chi connectivity index (χ3v) is 5.24. The van der Waals surface area contributed by atoms with Gasteiger partial charge in [0.25, 0.3) is 0 Å². The maximum absolute atomic E-state index is 2.36. The molecular weight excluding hydrogens is 256 g/mol. The summed E-state index contributed by atoms with van der Waals surface area (Å²) < 4.78 is 0. The molecule has 0 atom stereocenters. The van der Waals surface area contributed by atoms with Gasteiger partial charge in [-0.1, -0.05) is 48.5 Å². The van der Waals surface area contributed by atoms with Crippen molar-refractivity contribution in [2.45, 2.75) is 23.0 Å². The summed E-state index contributed by atoms with van der Waals surface area (Å²) in [7, 11) is 0. The molecule has 0 radical (unpaired) electrons. The normalized spacial score (nSPS) is 15.6. The Balaban J connectivity index is 1.84. The van der Waals surface area contributed by atoms with Gasteiger partial charge in [0, 0.05) is 23.0 Å². The molecule has 4 rings (SSSR count). The van der Waals surface area contributed by atoms with Crippen LogP contribution in [-0.2, 0) is 23.0 Å². The summed E-state index contributed by atoms with van der Waals surface area (Å²) in [5.41, 5.74) is 5.77. The van der Waals surface area contributed by atoms with Gasteiger partial charge in [-0.3, -0.25) is 0 Å². The predicted octanol–water partition coefficient (Wildman–Crippen LogP) is 4.87. The standard InChI is InChI=1S/C16H16S2/c1-2-15-8-16(3-1)12-18-10-14-6-4-13(5-7-14)9-17-11-15/h1-8H,9-12H2. The van der Waals surface area contributed by atoms with Crippen LogP contribution in [0.3, 0.4) is 0 Å². The second-order valence-corrected chi connectivity index (χ2v) is 6.59. The smallest absolute Gasteiger partial charge is 0.0188 e. The lowest BCUT2D eigenvalue weighted by Crippen LogP contribution is -1.86. The first kappa shape index (κ1) is 12.2. The molecule has 18 heavy (non-hydrogen) atoms. The molecule has 2 heteroatoms. The van der Waals surface area contributed by atoms with Crippen molar-refractivity contribution in [3.05, 3.63) is 70.8 Å². The van der Waals surface area contributed by atoms with Crippen LogP contribution in [0, 0.1) is 0 Å². The summed E-state index contributed by atoms with van der Waals surface area (Å²) in [4.78, 5) is 0. The summed E-state index contributed by atoms with van der Waals surface area (Å²) in [6, 6.07) is 18.1. The zero-order valence-corrected chi connectivity index (χ0v) is 11.9. The zero-order valence-electron chi connectivity index (χ0n) is 10.3. The molecule has 92 valence electrons. The number of thioether (sulfide) groups is 2. The van der Waals surface area contributed by atoms with E-state index >= 15 is 0 Å². The highest BCUT2D eigenvalue weighted by atomic mass is 32.2. The fourth-order valence-electron chi connectivity index (χ4n) is 2.11. The molecule has 0 saturated carbocycles. The third kappa shape index (κ3) is 3.12. The third-order valence-electron chi connectivity index (χ3n) is 3.09. The van der Waals surface area contributed by atoms with Crippen LogP contribution < -0.4 is 0 Å². The maximum atomic E-state index is 2.36. The van der Waals surface area contributed by atoms with Crippen LogP contribution in [0.25, 0.3) is 0 Å². The molecule has 0 N–H and O–H groups in total. The molecule has 0 nitrogen and oxygen atoms in total. The number of hydrogen-bond donors (Lipinski definition) is 0. The SMILES string of the molecule is c1cc2cc(c1)CSCc1ccc(cc1)CSC2. The molecule has 0 unspecified atom stereocenters. The molecule has 2 aliphatic rings. The summed E-state index contributed by atoms with van der Waals surface area (Å²) >= 11 is 4.00. The highest BCUT2D eigenvalue weighted by Gasteiger charge is 2.02. The first-order valence-electron chi connectivity index (χ1n) is 6.21. The van der Waals surface area contributed by atoms with Crippen LogP contribution in [0.5, 0.6) is 0 Å². The number of rotatable bonds is 0. The van der Waals surface area contributed by atoms with Crippen LogP contribution >= 0.6 is 23.5 Å². The Morgan fingerprint density at radius 3 is 1.50 bits per heavy atom. The van der Waals surface area contributed by atoms with E-state index in [1.165, 1.54) is 22.3 Å². The molecule has 2 aromatic rings. The molecule has 0 aliphatic carbocycles. The van der Waals surface area contributed by atoms with Crippen LogP contribution in [0.2, 0.25) is 0 Å². The van der Waals surface area contributed by atoms with Crippen molar-refractivity contribution >= 4 is 23.5 Å². The molecule has 0 fully saturated rings. The number of benzene rings is 2. The van der Waals surface area contributed by atoms with Crippen molar-refractivity contribution < 1.29 is 0 Å². The lowest BCUT2D eigenvalue weighted by atomic mass is 10.2. The summed E-state index contributed by atoms with van der Waals surface area (Å²) in [6.45, 7) is 0. The highest BCUT2D eigenvalue weighted by Crippen LogP contribution is 2.24. The second kappa shape index (κ2) is 5.85. The minimum Gasteiger partial charge on any atom is -0.152 e. The van der Waals surface area contributed by atoms with E-state index < -0.39 is 0 Å². The Morgan fingerprint density at radius 1 is 0.556 bits per heavy atom. The van der Waals surface area contributed by atoms with Crippen LogP contribution in [-0.4, -0.2) is 0 Å². The van der Waals surface area contributed by atoms with Crippen molar-refractivity contribution in [3.63, 3.8) is 0 Å². The van der Waals surface area contributed by atoms with Gasteiger partial charge in [0.05, 0.1) is 0 Å². The predicted molar refractivity (Wildman–Crippen MR) is 82.9 cm³/mol. The van der Waals surface area contributed by atoms with Crippen molar-refractivity contribution in [3.8, 4) is 0 Å². The largest absolute Gasteiger partial charge is 0.152 e. The fourth-order valence-corrected chi connectivity index (χ4v) is 4.01. The van der Waals surface area contributed by atoms with E-state index in [0.29, 0.717) is 0 Å². The van der Waals surface area contributed by atoms with Gasteiger partial charge >= 0.3 is 0 Å². The highest BCUT2D eigenvalue weighted by molar-refractivity contribution is 7.98. The fraction of sp³-hybridized carbons (Fsp3) is 0.250. The molecule has 2 aromatic carbocycles. The Morgan fingerprint density at radius 2 is 1.00 bits per heavy atom. The molecule has 0 amide bonds. The quantitative estimate of drug-likeness (QED) is 0.671. The lowest BCUT2D eigenvalue weighted by Gasteiger charge is -2.04. The maximum Gasteiger partial charge on any atom is 0.0188 e. The lowest BCUT2D eigenvalue weighted by molar-refractivity contribution is 1.32. The zero-order chi connectivity index (χ0) is 12.2. The van der Waals surface area contributed by atoms with E-state index in [2.05, 4.69) is 48.5 Å². The first-order valence-corrected chi connectivity index (χ1v) is 8.52. The number of fused-ring (bicyclic) bond motifs is 6. The van der Waals surface area contributed by atoms with E-state index in [4.69, 9.17) is 0 Å². The summed E-state index contributed by atoms with van der Waals surface area (Å²) in [6.07, 6.45) is 0. The van der Waals surface area contributed by atoms with Gasteiger partial charge in [-0.25, -0.2) is 0 Å². The Hall–Kier alpha value is -0.860. The van der Waals surface area contributed by atoms with Crippen molar-refractivity contribution in [1.82, 2.24) is 0 Å². The molecule has 4 bridgehead atoms. The molecule has 0 aromatic heterocycles. The van der Waals surface area contributed by atoms with Gasteiger partial charge in [0.2, 0.25) is 0 Å². The molecule has 2 heterocycles. The van der Waals surface area contributed by atoms with Gasteiger partial charge in [0.1, 0.15) is 0 Å². The summed E-state index contributed by atoms with van der Waals surface area (Å²) in [5.74, 6) is 4.44. The minimum atomic E-state index is 1.11. The van der Waals surface area contributed by atoms with Gasteiger partial charge < -0.3 is 0 Å². The van der Waals surface area contributed by atoms with E-state index in [9.17, 15) is 0 Å². The van der Waals surface area contributed by atoms with Crippen LogP contribution in [0.4, 0.5) is 0 Å². The molecule has 0 spiro atoms. The Labute approximate surface area is 117 Å². The van der Waals surface area contributed by atoms with Gasteiger partial charge in [-0.05, 0) is 22.3 Å². The van der Waals surface area contributed by atoms with E-state index in [-0.39, 0.29) is 0 Å². The van der Waals surface area contributed by atoms with Crippen LogP contribution in [0.1, 0.15) is 22.3 Å². The van der Waals surface area contributed by atoms with Gasteiger partial charge in [-0.15, -0.1) is 0 Å². The van der Waals surface area contributed by atoms with Gasteiger partial charge in [0.15, 0.2) is 0 Å². The van der Waals surface area contributed by atoms with Crippen LogP contribution in [0.15, 0.2) is 48.5 Å². The number of hydrogen-bond acceptors (Lipinski definition) is 2. The van der Waals surface area contributed by atoms with Crippen molar-refractivity contribution in [1.29, 1.82) is 0 Å². The average Bonchev–Trinajstić information content (AvgIpc) is 2.42. The minimum absolute atomic E-state index is 1.11. The molecular formula is C16H16S2. The Kier molecular flexibility index (Phi) is 3.96. The van der Waals surface area contributed by atoms with E-state index in [1.54, 1.807) is 0 Å². The van der Waals surface area contributed by atoms with E-state index in [1.807, 2.05) is 23.5 Å². The molecule has 2 aliphatic heterocycles. The first-order chi connectivity index (χ1) is 8.90. The van der Waals surface area contributed by atoms with Crippen molar-refractivity contribution in [2.75, 3.05) is 0 Å². The topological polar surface area (TPSA) is 0 Å². The van der Waals surface area contributed by atoms with Crippen molar-refractivity contribution in [2.24, 2.45) is 0 Å². The second-order valence-electron chi connectivity index (χ2n) is 4.62. The Bertz CT molecular complexity index is 473. The van der Waals surface area contributed by atoms with Gasteiger partial charge in [-0.2, -0.15) is 23.5 Å². The average molecular weight is 272 g/mol. The van der Waals surface area contributed by atoms with E-state index in [0.717, 1.165) is 23.0 Å². The molecule has 0 saturated heterocycles.